The van der Waals surface area contributed by atoms with E-state index in [4.69, 9.17) is 22.3 Å². The Hall–Kier alpha value is -2.77. The Morgan fingerprint density at radius 1 is 0.900 bits per heavy atom. The molecule has 0 aliphatic heterocycles. The molecule has 0 saturated carbocycles. The molecule has 0 bridgehead atoms. The minimum absolute atomic E-state index is 0.192. The molecule has 11 N–H and O–H groups in total. The molecule has 0 rings (SSSR count). The van der Waals surface area contributed by atoms with E-state index >= 15 is 0 Å². The number of hydrogen-bond donors (Lipinski definition) is 8. The van der Waals surface area contributed by atoms with Crippen molar-refractivity contribution in [2.45, 2.75) is 69.8 Å². The number of unbranched alkanes of at least 4 members (excludes halogenated alkanes) is 1. The number of aliphatic hydroxyl groups is 1. The van der Waals surface area contributed by atoms with Crippen LogP contribution in [0.5, 0.6) is 0 Å². The van der Waals surface area contributed by atoms with Gasteiger partial charge in [-0.05, 0) is 39.7 Å². The predicted molar refractivity (Wildman–Crippen MR) is 105 cm³/mol. The van der Waals surface area contributed by atoms with E-state index in [9.17, 15) is 29.1 Å². The van der Waals surface area contributed by atoms with E-state index < -0.39 is 66.3 Å². The summed E-state index contributed by atoms with van der Waals surface area (Å²) in [6.45, 7) is 2.95. The normalized spacial score (nSPS) is 15.8. The van der Waals surface area contributed by atoms with E-state index in [-0.39, 0.29) is 6.42 Å². The Morgan fingerprint density at radius 2 is 1.43 bits per heavy atom. The third-order valence-electron chi connectivity index (χ3n) is 4.08. The Bertz CT molecular complexity index is 626. The van der Waals surface area contributed by atoms with Crippen molar-refractivity contribution in [2.24, 2.45) is 17.2 Å². The Balaban J connectivity index is 5.41. The molecule has 13 heteroatoms. The summed E-state index contributed by atoms with van der Waals surface area (Å²) in [5.74, 6) is -4.86. The van der Waals surface area contributed by atoms with E-state index in [1.807, 2.05) is 5.32 Å². The van der Waals surface area contributed by atoms with E-state index in [1.165, 1.54) is 6.92 Å². The number of carbonyl (C=O) groups is 5. The van der Waals surface area contributed by atoms with Crippen molar-refractivity contribution in [3.05, 3.63) is 0 Å². The Morgan fingerprint density at radius 3 is 1.87 bits per heavy atom. The van der Waals surface area contributed by atoms with E-state index in [0.29, 0.717) is 19.4 Å². The molecule has 4 amide bonds. The van der Waals surface area contributed by atoms with Crippen LogP contribution in [0.1, 0.15) is 39.5 Å². The lowest BCUT2D eigenvalue weighted by atomic mass is 10.1. The lowest BCUT2D eigenvalue weighted by molar-refractivity contribution is -0.145. The molecule has 0 aliphatic rings. The molecular weight excluding hydrogens is 400 g/mol. The first-order valence-electron chi connectivity index (χ1n) is 9.46. The molecule has 0 radical (unpaired) electrons. The zero-order valence-corrected chi connectivity index (χ0v) is 17.1. The number of aliphatic hydroxyl groups excluding tert-OH is 1. The van der Waals surface area contributed by atoms with E-state index in [1.54, 1.807) is 0 Å². The first kappa shape index (κ1) is 27.2. The number of amides is 4. The number of nitrogens with two attached hydrogens (primary N) is 3. The van der Waals surface area contributed by atoms with Gasteiger partial charge in [0, 0.05) is 0 Å². The zero-order chi connectivity index (χ0) is 23.4. The van der Waals surface area contributed by atoms with Gasteiger partial charge in [0.05, 0.1) is 18.6 Å². The number of rotatable bonds is 14. The fourth-order valence-corrected chi connectivity index (χ4v) is 2.39. The minimum Gasteiger partial charge on any atom is -0.480 e. The lowest BCUT2D eigenvalue weighted by Crippen LogP contribution is -2.58. The van der Waals surface area contributed by atoms with Crippen LogP contribution in [0.2, 0.25) is 0 Å². The van der Waals surface area contributed by atoms with Gasteiger partial charge in [-0.25, -0.2) is 4.79 Å². The van der Waals surface area contributed by atoms with Crippen LogP contribution in [0.3, 0.4) is 0 Å². The highest BCUT2D eigenvalue weighted by molar-refractivity contribution is 5.96. The predicted octanol–water partition coefficient (Wildman–Crippen LogP) is -3.74. The van der Waals surface area contributed by atoms with Crippen molar-refractivity contribution in [1.82, 2.24) is 16.0 Å². The number of primary amides is 1. The number of carboxylic acids is 1. The number of nitrogens with one attached hydrogen (secondary N) is 3. The third-order valence-corrected chi connectivity index (χ3v) is 4.08. The second-order valence-electron chi connectivity index (χ2n) is 6.93. The van der Waals surface area contributed by atoms with Gasteiger partial charge in [0.2, 0.25) is 23.6 Å². The monoisotopic (exact) mass is 432 g/mol. The highest BCUT2D eigenvalue weighted by Gasteiger charge is 2.32. The summed E-state index contributed by atoms with van der Waals surface area (Å²) in [5.41, 5.74) is 16.0. The molecule has 5 atom stereocenters. The van der Waals surface area contributed by atoms with Crippen LogP contribution >= 0.6 is 0 Å². The summed E-state index contributed by atoms with van der Waals surface area (Å²) in [5, 5.41) is 25.4. The number of carboxylic acid groups (broad SMARTS) is 1. The van der Waals surface area contributed by atoms with Crippen LogP contribution in [0.25, 0.3) is 0 Å². The molecular formula is C17H32N6O7. The van der Waals surface area contributed by atoms with Crippen LogP contribution in [0.4, 0.5) is 0 Å². The first-order valence-corrected chi connectivity index (χ1v) is 9.46. The molecule has 172 valence electrons. The molecule has 0 spiro atoms. The summed E-state index contributed by atoms with van der Waals surface area (Å²) in [4.78, 5) is 59.4. The largest absolute Gasteiger partial charge is 0.480 e. The smallest absolute Gasteiger partial charge is 0.328 e. The lowest BCUT2D eigenvalue weighted by Gasteiger charge is -2.25. The Labute approximate surface area is 174 Å². The molecule has 0 aromatic heterocycles. The summed E-state index contributed by atoms with van der Waals surface area (Å²) in [6.07, 6.45) is -0.801. The molecule has 0 saturated heterocycles. The minimum atomic E-state index is -1.66. The van der Waals surface area contributed by atoms with Gasteiger partial charge in [0.1, 0.15) is 12.1 Å². The summed E-state index contributed by atoms with van der Waals surface area (Å²) < 4.78 is 0. The van der Waals surface area contributed by atoms with Gasteiger partial charge in [-0.1, -0.05) is 0 Å². The average Bonchev–Trinajstić information content (AvgIpc) is 2.63. The van der Waals surface area contributed by atoms with Crippen LogP contribution in [0.15, 0.2) is 0 Å². The van der Waals surface area contributed by atoms with Gasteiger partial charge in [-0.15, -0.1) is 0 Å². The molecule has 30 heavy (non-hydrogen) atoms. The fourth-order valence-electron chi connectivity index (χ4n) is 2.39. The van der Waals surface area contributed by atoms with Crippen molar-refractivity contribution in [2.75, 3.05) is 6.54 Å². The van der Waals surface area contributed by atoms with Crippen LogP contribution in [-0.2, 0) is 24.0 Å². The van der Waals surface area contributed by atoms with E-state index in [2.05, 4.69) is 10.6 Å². The average molecular weight is 432 g/mol. The number of hydrogen-bond acceptors (Lipinski definition) is 8. The molecule has 0 aliphatic carbocycles. The Kier molecular flexibility index (Phi) is 12.2. The van der Waals surface area contributed by atoms with Crippen molar-refractivity contribution < 1.29 is 34.2 Å². The SMILES string of the molecule is CC(N)C(=O)NC(CCCCN)C(=O)NC(CC(N)=O)C(=O)NC(C(=O)O)C(C)O. The maximum absolute atomic E-state index is 12.6. The second kappa shape index (κ2) is 13.5. The van der Waals surface area contributed by atoms with Gasteiger partial charge in [0.25, 0.3) is 0 Å². The highest BCUT2D eigenvalue weighted by atomic mass is 16.4. The van der Waals surface area contributed by atoms with Crippen molar-refractivity contribution in [1.29, 1.82) is 0 Å². The van der Waals surface area contributed by atoms with Crippen molar-refractivity contribution in [3.63, 3.8) is 0 Å². The van der Waals surface area contributed by atoms with Crippen LogP contribution in [0, 0.1) is 0 Å². The topological polar surface area (TPSA) is 240 Å². The van der Waals surface area contributed by atoms with Gasteiger partial charge >= 0.3 is 5.97 Å². The molecule has 5 unspecified atom stereocenters. The number of carbonyl (C=O) groups excluding carboxylic acids is 4. The quantitative estimate of drug-likeness (QED) is 0.126. The van der Waals surface area contributed by atoms with Gasteiger partial charge in [0.15, 0.2) is 6.04 Å². The van der Waals surface area contributed by atoms with Crippen LogP contribution < -0.4 is 33.2 Å². The van der Waals surface area contributed by atoms with Gasteiger partial charge < -0.3 is 43.4 Å². The fraction of sp³-hybridized carbons (Fsp3) is 0.706. The maximum atomic E-state index is 12.6. The number of aliphatic carboxylic acids is 1. The van der Waals surface area contributed by atoms with Gasteiger partial charge in [-0.3, -0.25) is 19.2 Å². The van der Waals surface area contributed by atoms with Crippen molar-refractivity contribution in [3.8, 4) is 0 Å². The van der Waals surface area contributed by atoms with Crippen LogP contribution in [-0.4, -0.2) is 76.6 Å². The van der Waals surface area contributed by atoms with Crippen molar-refractivity contribution >= 4 is 29.6 Å². The molecule has 0 heterocycles. The molecule has 0 aromatic rings. The molecule has 13 nitrogen and oxygen atoms in total. The first-order chi connectivity index (χ1) is 13.9. The third kappa shape index (κ3) is 10.1. The highest BCUT2D eigenvalue weighted by Crippen LogP contribution is 2.04. The standard InChI is InChI=1S/C17H32N6O7/c1-8(19)14(26)21-10(5-3-4-6-18)15(27)22-11(7-12(20)25)16(28)23-13(9(2)24)17(29)30/h8-11,13,24H,3-7,18-19H2,1-2H3,(H2,20,25)(H,21,26)(H,22,27)(H,23,28)(H,29,30). The zero-order valence-electron chi connectivity index (χ0n) is 17.1. The summed E-state index contributed by atoms with van der Waals surface area (Å²) >= 11 is 0. The second-order valence-corrected chi connectivity index (χ2v) is 6.93. The summed E-state index contributed by atoms with van der Waals surface area (Å²) in [6, 6.07) is -5.13. The maximum Gasteiger partial charge on any atom is 0.328 e. The van der Waals surface area contributed by atoms with E-state index in [0.717, 1.165) is 6.92 Å². The summed E-state index contributed by atoms with van der Waals surface area (Å²) in [7, 11) is 0. The van der Waals surface area contributed by atoms with Gasteiger partial charge in [-0.2, -0.15) is 0 Å². The molecule has 0 fully saturated rings. The molecule has 0 aromatic carbocycles.